The lowest BCUT2D eigenvalue weighted by Gasteiger charge is -2.26. The zero-order chi connectivity index (χ0) is 15.5. The minimum absolute atomic E-state index is 0.0554. The third-order valence-corrected chi connectivity index (χ3v) is 4.00. The number of aliphatic hydroxyl groups is 1. The Morgan fingerprint density at radius 3 is 2.62 bits per heavy atom. The van der Waals surface area contributed by atoms with Gasteiger partial charge in [0.2, 0.25) is 11.8 Å². The van der Waals surface area contributed by atoms with Crippen LogP contribution in [0.25, 0.3) is 0 Å². The fourth-order valence-corrected chi connectivity index (χ4v) is 2.76. The minimum Gasteiger partial charge on any atom is -0.396 e. The van der Waals surface area contributed by atoms with Crippen molar-refractivity contribution in [3.8, 4) is 0 Å². The minimum atomic E-state index is -0.516. The predicted molar refractivity (Wildman–Crippen MR) is 77.7 cm³/mol. The van der Waals surface area contributed by atoms with Crippen molar-refractivity contribution in [2.24, 2.45) is 11.3 Å². The summed E-state index contributed by atoms with van der Waals surface area (Å²) in [7, 11) is 0. The number of nitrogens with zero attached hydrogens (tertiary/aromatic N) is 3. The molecule has 0 saturated heterocycles. The molecule has 9 nitrogen and oxygen atoms in total. The Balaban J connectivity index is 2.25. The average molecular weight is 296 g/mol. The Hall–Kier alpha value is -2.00. The molecular formula is C12H20N6O3. The summed E-state index contributed by atoms with van der Waals surface area (Å²) in [5, 5.41) is 23.8. The first kappa shape index (κ1) is 15.4. The smallest absolute Gasteiger partial charge is 0.332 e. The lowest BCUT2D eigenvalue weighted by atomic mass is 9.87. The number of rotatable bonds is 6. The first-order valence-corrected chi connectivity index (χ1v) is 6.86. The quantitative estimate of drug-likeness (QED) is 0.345. The number of nitrogens with two attached hydrogens (primary N) is 1. The van der Waals surface area contributed by atoms with Crippen LogP contribution in [0.3, 0.4) is 0 Å². The van der Waals surface area contributed by atoms with Crippen LogP contribution in [0.4, 0.5) is 17.5 Å². The molecule has 21 heavy (non-hydrogen) atoms. The maximum Gasteiger partial charge on any atom is 0.332 e. The van der Waals surface area contributed by atoms with Crippen LogP contribution < -0.4 is 16.6 Å². The Bertz CT molecular complexity index is 530. The van der Waals surface area contributed by atoms with Crippen molar-refractivity contribution < 1.29 is 10.0 Å². The Morgan fingerprint density at radius 2 is 2.10 bits per heavy atom. The van der Waals surface area contributed by atoms with E-state index in [0.717, 1.165) is 25.7 Å². The molecular weight excluding hydrogens is 276 g/mol. The number of hydrogen-bond donors (Lipinski definition) is 4. The summed E-state index contributed by atoms with van der Waals surface area (Å²) >= 11 is 0. The van der Waals surface area contributed by atoms with Crippen LogP contribution in [0.5, 0.6) is 0 Å². The molecule has 0 aromatic carbocycles. The third-order valence-electron chi connectivity index (χ3n) is 4.00. The average Bonchev–Trinajstić information content (AvgIpc) is 2.93. The lowest BCUT2D eigenvalue weighted by Crippen LogP contribution is -2.31. The molecule has 0 bridgehead atoms. The van der Waals surface area contributed by atoms with Crippen molar-refractivity contribution in [1.29, 1.82) is 0 Å². The molecule has 1 fully saturated rings. The van der Waals surface area contributed by atoms with Crippen molar-refractivity contribution in [3.63, 3.8) is 0 Å². The molecule has 1 aliphatic carbocycles. The van der Waals surface area contributed by atoms with Crippen LogP contribution in [0, 0.1) is 22.5 Å². The molecule has 1 heterocycles. The summed E-state index contributed by atoms with van der Waals surface area (Å²) in [6, 6.07) is 0. The SMILES string of the molecule is Cc1nc(NN)nc(NCC2(CO)CCCC2)c1[N+](=O)[O-]. The van der Waals surface area contributed by atoms with Crippen LogP contribution in [0.1, 0.15) is 31.4 Å². The number of aromatic nitrogens is 2. The van der Waals surface area contributed by atoms with Crippen molar-refractivity contribution >= 4 is 17.5 Å². The van der Waals surface area contributed by atoms with Crippen LogP contribution in [0.15, 0.2) is 0 Å². The van der Waals surface area contributed by atoms with Gasteiger partial charge in [-0.1, -0.05) is 12.8 Å². The van der Waals surface area contributed by atoms with Crippen LogP contribution in [-0.2, 0) is 0 Å². The fraction of sp³-hybridized carbons (Fsp3) is 0.667. The van der Waals surface area contributed by atoms with Gasteiger partial charge in [-0.3, -0.25) is 15.5 Å². The molecule has 0 radical (unpaired) electrons. The van der Waals surface area contributed by atoms with E-state index in [1.54, 1.807) is 0 Å². The molecule has 0 atom stereocenters. The number of aliphatic hydroxyl groups excluding tert-OH is 1. The predicted octanol–water partition coefficient (Wildman–Crippen LogP) is 0.943. The summed E-state index contributed by atoms with van der Waals surface area (Å²) in [5.41, 5.74) is 2.12. The Morgan fingerprint density at radius 1 is 1.43 bits per heavy atom. The molecule has 1 aliphatic rings. The first-order valence-electron chi connectivity index (χ1n) is 6.86. The molecule has 116 valence electrons. The topological polar surface area (TPSA) is 139 Å². The van der Waals surface area contributed by atoms with Gasteiger partial charge in [0.1, 0.15) is 5.69 Å². The van der Waals surface area contributed by atoms with E-state index in [4.69, 9.17) is 5.84 Å². The summed E-state index contributed by atoms with van der Waals surface area (Å²) in [4.78, 5) is 18.6. The number of nitro groups is 1. The number of hydrogen-bond acceptors (Lipinski definition) is 8. The molecule has 0 unspecified atom stereocenters. The van der Waals surface area contributed by atoms with Gasteiger partial charge < -0.3 is 10.4 Å². The summed E-state index contributed by atoms with van der Waals surface area (Å²) < 4.78 is 0. The van der Waals surface area contributed by atoms with Gasteiger partial charge in [0.05, 0.1) is 11.5 Å². The third kappa shape index (κ3) is 3.19. The monoisotopic (exact) mass is 296 g/mol. The molecule has 0 aliphatic heterocycles. The number of nitrogens with one attached hydrogen (secondary N) is 2. The van der Waals surface area contributed by atoms with E-state index in [-0.39, 0.29) is 35.2 Å². The second-order valence-corrected chi connectivity index (χ2v) is 5.45. The number of hydrazine groups is 1. The van der Waals surface area contributed by atoms with Crippen LogP contribution in [0.2, 0.25) is 0 Å². The maximum atomic E-state index is 11.2. The maximum absolute atomic E-state index is 11.2. The molecule has 1 saturated carbocycles. The van der Waals surface area contributed by atoms with E-state index in [1.165, 1.54) is 6.92 Å². The Labute approximate surface area is 122 Å². The van der Waals surface area contributed by atoms with Crippen molar-refractivity contribution in [2.75, 3.05) is 23.9 Å². The van der Waals surface area contributed by atoms with E-state index in [9.17, 15) is 15.2 Å². The highest BCUT2D eigenvalue weighted by Gasteiger charge is 2.34. The number of anilines is 2. The van der Waals surface area contributed by atoms with Gasteiger partial charge in [0.15, 0.2) is 0 Å². The van der Waals surface area contributed by atoms with Crippen molar-refractivity contribution in [2.45, 2.75) is 32.6 Å². The summed E-state index contributed by atoms with van der Waals surface area (Å²) in [5.74, 6) is 5.51. The highest BCUT2D eigenvalue weighted by Crippen LogP contribution is 2.38. The highest BCUT2D eigenvalue weighted by atomic mass is 16.6. The molecule has 0 spiro atoms. The summed E-state index contributed by atoms with van der Waals surface area (Å²) in [6.07, 6.45) is 3.91. The van der Waals surface area contributed by atoms with E-state index in [1.807, 2.05) is 0 Å². The molecule has 1 aromatic rings. The number of nitrogen functional groups attached to an aromatic ring is 1. The highest BCUT2D eigenvalue weighted by molar-refractivity contribution is 5.60. The van der Waals surface area contributed by atoms with Crippen LogP contribution in [-0.4, -0.2) is 33.1 Å². The van der Waals surface area contributed by atoms with Gasteiger partial charge in [-0.2, -0.15) is 4.98 Å². The van der Waals surface area contributed by atoms with E-state index in [0.29, 0.717) is 6.54 Å². The molecule has 2 rings (SSSR count). The van der Waals surface area contributed by atoms with Gasteiger partial charge in [-0.05, 0) is 19.8 Å². The lowest BCUT2D eigenvalue weighted by molar-refractivity contribution is -0.385. The summed E-state index contributed by atoms with van der Waals surface area (Å²) in [6.45, 7) is 2.02. The van der Waals surface area contributed by atoms with Gasteiger partial charge in [-0.15, -0.1) is 0 Å². The fourth-order valence-electron chi connectivity index (χ4n) is 2.76. The molecule has 1 aromatic heterocycles. The Kier molecular flexibility index (Phi) is 4.53. The largest absolute Gasteiger partial charge is 0.396 e. The second kappa shape index (κ2) is 6.19. The molecule has 0 amide bonds. The van der Waals surface area contributed by atoms with Crippen molar-refractivity contribution in [3.05, 3.63) is 15.8 Å². The van der Waals surface area contributed by atoms with E-state index in [2.05, 4.69) is 20.7 Å². The van der Waals surface area contributed by atoms with Gasteiger partial charge in [0.25, 0.3) is 0 Å². The van der Waals surface area contributed by atoms with Crippen molar-refractivity contribution in [1.82, 2.24) is 9.97 Å². The van der Waals surface area contributed by atoms with Crippen LogP contribution >= 0.6 is 0 Å². The first-order chi connectivity index (χ1) is 10.0. The zero-order valence-electron chi connectivity index (χ0n) is 11.9. The van der Waals surface area contributed by atoms with Gasteiger partial charge >= 0.3 is 5.69 Å². The number of aryl methyl sites for hydroxylation is 1. The second-order valence-electron chi connectivity index (χ2n) is 5.45. The van der Waals surface area contributed by atoms with Gasteiger partial charge in [-0.25, -0.2) is 10.8 Å². The molecule has 9 heteroatoms. The van der Waals surface area contributed by atoms with E-state index >= 15 is 0 Å². The normalized spacial score (nSPS) is 16.7. The standard InChI is InChI=1S/C12H20N6O3/c1-8-9(18(20)21)10(16-11(15-8)17-13)14-6-12(7-19)4-2-3-5-12/h19H,2-7,13H2,1H3,(H2,14,15,16,17). The van der Waals surface area contributed by atoms with E-state index < -0.39 is 4.92 Å². The molecule has 5 N–H and O–H groups in total. The zero-order valence-corrected chi connectivity index (χ0v) is 11.9. The van der Waals surface area contributed by atoms with Gasteiger partial charge in [0, 0.05) is 12.0 Å².